The van der Waals surface area contributed by atoms with Crippen LogP contribution in [0.4, 0.5) is 0 Å². The Kier molecular flexibility index (Phi) is 8.39. The molecule has 1 heterocycles. The normalized spacial score (nSPS) is 13.9. The summed E-state index contributed by atoms with van der Waals surface area (Å²) in [6.45, 7) is 14.9. The van der Waals surface area contributed by atoms with Crippen LogP contribution in [-0.4, -0.2) is 22.2 Å². The van der Waals surface area contributed by atoms with Crippen molar-refractivity contribution in [3.8, 4) is 5.75 Å². The van der Waals surface area contributed by atoms with Gasteiger partial charge in [-0.2, -0.15) is 0 Å². The van der Waals surface area contributed by atoms with Crippen LogP contribution in [0.25, 0.3) is 11.1 Å². The van der Waals surface area contributed by atoms with Crippen LogP contribution < -0.4 is 10.1 Å². The van der Waals surface area contributed by atoms with E-state index in [1.165, 1.54) is 0 Å². The number of oxazole rings is 1. The third-order valence-corrected chi connectivity index (χ3v) is 5.60. The van der Waals surface area contributed by atoms with Gasteiger partial charge in [-0.05, 0) is 90.6 Å². The zero-order valence-corrected chi connectivity index (χ0v) is 21.8. The topological polar surface area (TPSA) is 73.6 Å². The molecule has 0 saturated carbocycles. The number of rotatable bonds is 11. The number of nitrogens with one attached hydrogen (secondary N) is 1. The average Bonchev–Trinajstić information content (AvgIpc) is 3.22. The lowest BCUT2D eigenvalue weighted by atomic mass is 10.0. The molecular weight excluding hydrogens is 440 g/mol. The Hall–Kier alpha value is -3.12. The Morgan fingerprint density at radius 2 is 1.80 bits per heavy atom. The molecule has 0 radical (unpaired) electrons. The van der Waals surface area contributed by atoms with Crippen molar-refractivity contribution in [1.82, 2.24) is 10.3 Å². The fourth-order valence-electron chi connectivity index (χ4n) is 3.74. The first-order valence-corrected chi connectivity index (χ1v) is 12.2. The molecule has 0 spiro atoms. The highest BCUT2D eigenvalue weighted by Gasteiger charge is 2.34. The Balaban J connectivity index is 1.70. The van der Waals surface area contributed by atoms with Gasteiger partial charge < -0.3 is 13.9 Å². The van der Waals surface area contributed by atoms with Gasteiger partial charge in [-0.25, -0.2) is 9.78 Å². The Morgan fingerprint density at radius 3 is 2.43 bits per heavy atom. The second-order valence-electron chi connectivity index (χ2n) is 10.4. The molecule has 0 bridgehead atoms. The summed E-state index contributed by atoms with van der Waals surface area (Å²) in [5.41, 5.74) is 1.08. The SMILES string of the molecule is C=CCCCC(NC(C)c1ccc(OC(C)(C)C(=O)OC(C)(C)C)cc1)c1nc2ccccc2o1. The molecular formula is C29H38N2O4. The third kappa shape index (κ3) is 7.43. The fourth-order valence-corrected chi connectivity index (χ4v) is 3.74. The molecule has 1 aromatic heterocycles. The number of esters is 1. The minimum absolute atomic E-state index is 0.0284. The van der Waals surface area contributed by atoms with Gasteiger partial charge in [0, 0.05) is 6.04 Å². The van der Waals surface area contributed by atoms with Crippen molar-refractivity contribution in [1.29, 1.82) is 0 Å². The standard InChI is InChI=1S/C29H38N2O4/c1-8-9-10-14-24(26-31-23-13-11-12-15-25(23)33-26)30-20(2)21-16-18-22(19-17-21)34-29(6,7)27(32)35-28(3,4)5/h8,11-13,15-20,24,30H,1,9-10,14H2,2-7H3. The quantitative estimate of drug-likeness (QED) is 0.180. The van der Waals surface area contributed by atoms with Gasteiger partial charge in [0.2, 0.25) is 5.89 Å². The molecule has 35 heavy (non-hydrogen) atoms. The van der Waals surface area contributed by atoms with Crippen LogP contribution in [0.1, 0.15) is 84.3 Å². The molecule has 6 nitrogen and oxygen atoms in total. The van der Waals surface area contributed by atoms with Gasteiger partial charge >= 0.3 is 5.97 Å². The lowest BCUT2D eigenvalue weighted by Gasteiger charge is -2.29. The Bertz CT molecular complexity index is 1090. The first-order valence-electron chi connectivity index (χ1n) is 12.2. The molecule has 1 N–H and O–H groups in total. The highest BCUT2D eigenvalue weighted by molar-refractivity contribution is 5.79. The molecule has 0 aliphatic heterocycles. The molecule has 0 amide bonds. The van der Waals surface area contributed by atoms with Crippen LogP contribution >= 0.6 is 0 Å². The second kappa shape index (κ2) is 11.1. The van der Waals surface area contributed by atoms with Crippen molar-refractivity contribution < 1.29 is 18.7 Å². The van der Waals surface area contributed by atoms with Crippen molar-refractivity contribution in [2.45, 2.75) is 84.1 Å². The number of ether oxygens (including phenoxy) is 2. The van der Waals surface area contributed by atoms with Crippen LogP contribution in [0, 0.1) is 0 Å². The molecule has 3 rings (SSSR count). The number of aromatic nitrogens is 1. The summed E-state index contributed by atoms with van der Waals surface area (Å²) < 4.78 is 17.5. The van der Waals surface area contributed by atoms with E-state index in [9.17, 15) is 4.79 Å². The maximum atomic E-state index is 12.5. The number of benzene rings is 2. The minimum atomic E-state index is -1.10. The van der Waals surface area contributed by atoms with Crippen LogP contribution in [-0.2, 0) is 9.53 Å². The summed E-state index contributed by atoms with van der Waals surface area (Å²) in [4.78, 5) is 17.2. The first-order chi connectivity index (χ1) is 16.5. The van der Waals surface area contributed by atoms with E-state index in [-0.39, 0.29) is 12.1 Å². The molecule has 188 valence electrons. The summed E-state index contributed by atoms with van der Waals surface area (Å²) in [6.07, 6.45) is 4.74. The average molecular weight is 479 g/mol. The molecule has 0 aliphatic carbocycles. The smallest absolute Gasteiger partial charge is 0.350 e. The molecule has 2 unspecified atom stereocenters. The number of carbonyl (C=O) groups excluding carboxylic acids is 1. The molecule has 2 atom stereocenters. The highest BCUT2D eigenvalue weighted by Crippen LogP contribution is 2.28. The van der Waals surface area contributed by atoms with Gasteiger partial charge in [-0.3, -0.25) is 5.32 Å². The van der Waals surface area contributed by atoms with Crippen molar-refractivity contribution >= 4 is 17.1 Å². The summed E-state index contributed by atoms with van der Waals surface area (Å²) in [5.74, 6) is 0.907. The number of nitrogens with zero attached hydrogens (tertiary/aromatic N) is 1. The van der Waals surface area contributed by atoms with Gasteiger partial charge in [0.1, 0.15) is 16.9 Å². The van der Waals surface area contributed by atoms with Crippen LogP contribution in [0.2, 0.25) is 0 Å². The lowest BCUT2D eigenvalue weighted by Crippen LogP contribution is -2.43. The van der Waals surface area contributed by atoms with Gasteiger partial charge in [0.05, 0.1) is 6.04 Å². The zero-order chi connectivity index (χ0) is 25.6. The Labute approximate surface area is 208 Å². The van der Waals surface area contributed by atoms with Crippen molar-refractivity contribution in [2.24, 2.45) is 0 Å². The highest BCUT2D eigenvalue weighted by atomic mass is 16.6. The Morgan fingerprint density at radius 1 is 1.11 bits per heavy atom. The zero-order valence-electron chi connectivity index (χ0n) is 21.8. The van der Waals surface area contributed by atoms with E-state index in [1.54, 1.807) is 13.8 Å². The molecule has 0 aliphatic rings. The van der Waals surface area contributed by atoms with Crippen molar-refractivity contribution in [2.75, 3.05) is 0 Å². The van der Waals surface area contributed by atoms with Crippen molar-refractivity contribution in [3.63, 3.8) is 0 Å². The van der Waals surface area contributed by atoms with Gasteiger partial charge in [-0.15, -0.1) is 6.58 Å². The number of para-hydroxylation sites is 2. The predicted molar refractivity (Wildman–Crippen MR) is 139 cm³/mol. The molecule has 0 fully saturated rings. The summed E-state index contributed by atoms with van der Waals surface area (Å²) in [7, 11) is 0. The number of carbonyl (C=O) groups is 1. The maximum absolute atomic E-state index is 12.5. The predicted octanol–water partition coefficient (Wildman–Crippen LogP) is 7.08. The molecule has 0 saturated heterocycles. The number of hydrogen-bond acceptors (Lipinski definition) is 6. The van der Waals surface area contributed by atoms with E-state index >= 15 is 0 Å². The van der Waals surface area contributed by atoms with E-state index in [0.29, 0.717) is 11.6 Å². The number of unbranched alkanes of at least 4 members (excludes halogenated alkanes) is 1. The monoisotopic (exact) mass is 478 g/mol. The number of allylic oxidation sites excluding steroid dienone is 1. The van der Waals surface area contributed by atoms with Crippen LogP contribution in [0.3, 0.4) is 0 Å². The lowest BCUT2D eigenvalue weighted by molar-refractivity contribution is -0.170. The third-order valence-electron chi connectivity index (χ3n) is 5.60. The summed E-state index contributed by atoms with van der Waals surface area (Å²) in [5, 5.41) is 3.68. The maximum Gasteiger partial charge on any atom is 0.350 e. The van der Waals surface area contributed by atoms with Gasteiger partial charge in [0.15, 0.2) is 11.2 Å². The van der Waals surface area contributed by atoms with Crippen LogP contribution in [0.15, 0.2) is 65.6 Å². The molecule has 3 aromatic rings. The summed E-state index contributed by atoms with van der Waals surface area (Å²) >= 11 is 0. The molecule has 6 heteroatoms. The van der Waals surface area contributed by atoms with E-state index in [4.69, 9.17) is 18.9 Å². The van der Waals surface area contributed by atoms with E-state index in [1.807, 2.05) is 75.4 Å². The second-order valence-corrected chi connectivity index (χ2v) is 10.4. The van der Waals surface area contributed by atoms with Crippen LogP contribution in [0.5, 0.6) is 5.75 Å². The molecule has 2 aromatic carbocycles. The fraction of sp³-hybridized carbons (Fsp3) is 0.448. The largest absolute Gasteiger partial charge is 0.476 e. The first kappa shape index (κ1) is 26.5. The van der Waals surface area contributed by atoms with E-state index in [0.717, 1.165) is 35.9 Å². The van der Waals surface area contributed by atoms with Gasteiger partial charge in [0.25, 0.3) is 0 Å². The van der Waals surface area contributed by atoms with E-state index < -0.39 is 17.2 Å². The number of fused-ring (bicyclic) bond motifs is 1. The number of hydrogen-bond donors (Lipinski definition) is 1. The van der Waals surface area contributed by atoms with Gasteiger partial charge in [-0.1, -0.05) is 30.3 Å². The van der Waals surface area contributed by atoms with E-state index in [2.05, 4.69) is 18.8 Å². The van der Waals surface area contributed by atoms with Crippen molar-refractivity contribution in [3.05, 3.63) is 72.6 Å². The minimum Gasteiger partial charge on any atom is -0.476 e. The summed E-state index contributed by atoms with van der Waals surface area (Å²) in [6, 6.07) is 15.6.